The van der Waals surface area contributed by atoms with Gasteiger partial charge < -0.3 is 15.1 Å². The van der Waals surface area contributed by atoms with Crippen LogP contribution in [0.1, 0.15) is 0 Å². The standard InChI is InChI=1S/C15H21ClN4O2/c1-18(2)8-7-17-14(21)11-19-9-10-20(15(19)22)13-5-3-12(16)4-6-13/h3-6H,7-11H2,1-2H3,(H,17,21). The number of nitrogens with one attached hydrogen (secondary N) is 1. The van der Waals surface area contributed by atoms with Crippen molar-refractivity contribution in [1.82, 2.24) is 15.1 Å². The van der Waals surface area contributed by atoms with Crippen LogP contribution < -0.4 is 10.2 Å². The molecule has 1 aromatic rings. The fraction of sp³-hybridized carbons (Fsp3) is 0.467. The molecule has 0 atom stereocenters. The van der Waals surface area contributed by atoms with Gasteiger partial charge in [0.2, 0.25) is 5.91 Å². The van der Waals surface area contributed by atoms with Gasteiger partial charge >= 0.3 is 6.03 Å². The van der Waals surface area contributed by atoms with Crippen molar-refractivity contribution in [2.75, 3.05) is 51.7 Å². The van der Waals surface area contributed by atoms with E-state index in [2.05, 4.69) is 5.32 Å². The summed E-state index contributed by atoms with van der Waals surface area (Å²) in [6.07, 6.45) is 0. The molecule has 3 amide bonds. The Hall–Kier alpha value is -1.79. The molecule has 0 bridgehead atoms. The van der Waals surface area contributed by atoms with E-state index in [1.165, 1.54) is 0 Å². The summed E-state index contributed by atoms with van der Waals surface area (Å²) in [5.74, 6) is -0.131. The van der Waals surface area contributed by atoms with E-state index in [-0.39, 0.29) is 18.5 Å². The number of nitrogens with zero attached hydrogens (tertiary/aromatic N) is 3. The number of likely N-dealkylation sites (N-methyl/N-ethyl adjacent to an activating group) is 1. The lowest BCUT2D eigenvalue weighted by molar-refractivity contribution is -0.121. The molecular formula is C15H21ClN4O2. The van der Waals surface area contributed by atoms with Gasteiger partial charge in [0.15, 0.2) is 0 Å². The molecule has 1 aliphatic rings. The highest BCUT2D eigenvalue weighted by Crippen LogP contribution is 2.22. The minimum absolute atomic E-state index is 0.0936. The third-order valence-corrected chi connectivity index (χ3v) is 3.70. The highest BCUT2D eigenvalue weighted by atomic mass is 35.5. The van der Waals surface area contributed by atoms with E-state index in [0.717, 1.165) is 12.2 Å². The van der Waals surface area contributed by atoms with E-state index < -0.39 is 0 Å². The van der Waals surface area contributed by atoms with Crippen LogP contribution in [-0.4, -0.2) is 68.6 Å². The van der Waals surface area contributed by atoms with Crippen LogP contribution in [0.5, 0.6) is 0 Å². The van der Waals surface area contributed by atoms with Gasteiger partial charge in [0, 0.05) is 36.9 Å². The molecule has 6 nitrogen and oxygen atoms in total. The second-order valence-corrected chi connectivity index (χ2v) is 5.92. The zero-order chi connectivity index (χ0) is 16.1. The van der Waals surface area contributed by atoms with Crippen molar-refractivity contribution in [2.24, 2.45) is 0 Å². The average molecular weight is 325 g/mol. The summed E-state index contributed by atoms with van der Waals surface area (Å²) in [6, 6.07) is 6.97. The fourth-order valence-corrected chi connectivity index (χ4v) is 2.36. The molecule has 0 radical (unpaired) electrons. The Morgan fingerprint density at radius 3 is 2.59 bits per heavy atom. The first-order chi connectivity index (χ1) is 10.5. The molecule has 1 N–H and O–H groups in total. The quantitative estimate of drug-likeness (QED) is 0.857. The van der Waals surface area contributed by atoms with Crippen LogP contribution in [-0.2, 0) is 4.79 Å². The number of urea groups is 1. The summed E-state index contributed by atoms with van der Waals surface area (Å²) >= 11 is 5.85. The highest BCUT2D eigenvalue weighted by Gasteiger charge is 2.30. The average Bonchev–Trinajstić information content (AvgIpc) is 2.81. The lowest BCUT2D eigenvalue weighted by Crippen LogP contribution is -2.41. The van der Waals surface area contributed by atoms with Crippen molar-refractivity contribution in [3.05, 3.63) is 29.3 Å². The number of hydrogen-bond donors (Lipinski definition) is 1. The van der Waals surface area contributed by atoms with Crippen LogP contribution >= 0.6 is 11.6 Å². The summed E-state index contributed by atoms with van der Waals surface area (Å²) in [5.41, 5.74) is 0.796. The van der Waals surface area contributed by atoms with Gasteiger partial charge in [-0.1, -0.05) is 11.6 Å². The maximum Gasteiger partial charge on any atom is 0.325 e. The summed E-state index contributed by atoms with van der Waals surface area (Å²) in [4.78, 5) is 29.4. The molecule has 7 heteroatoms. The number of anilines is 1. The molecule has 0 unspecified atom stereocenters. The number of benzene rings is 1. The van der Waals surface area contributed by atoms with Gasteiger partial charge in [0.1, 0.15) is 6.54 Å². The predicted molar refractivity (Wildman–Crippen MR) is 87.3 cm³/mol. The first-order valence-electron chi connectivity index (χ1n) is 7.21. The third kappa shape index (κ3) is 4.35. The number of amides is 3. The van der Waals surface area contributed by atoms with Crippen LogP contribution in [0.2, 0.25) is 5.02 Å². The van der Waals surface area contributed by atoms with Gasteiger partial charge in [-0.15, -0.1) is 0 Å². The van der Waals surface area contributed by atoms with Gasteiger partial charge in [0.25, 0.3) is 0 Å². The minimum atomic E-state index is -0.148. The van der Waals surface area contributed by atoms with Crippen molar-refractivity contribution in [3.8, 4) is 0 Å². The van der Waals surface area contributed by atoms with Crippen molar-refractivity contribution in [1.29, 1.82) is 0 Å². The molecule has 1 fully saturated rings. The SMILES string of the molecule is CN(C)CCNC(=O)CN1CCN(c2ccc(Cl)cc2)C1=O. The molecule has 22 heavy (non-hydrogen) atoms. The molecule has 0 aliphatic carbocycles. The number of carbonyl (C=O) groups is 2. The molecule has 2 rings (SSSR count). The number of hydrogen-bond acceptors (Lipinski definition) is 3. The van der Waals surface area contributed by atoms with Crippen LogP contribution in [0.25, 0.3) is 0 Å². The minimum Gasteiger partial charge on any atom is -0.353 e. The van der Waals surface area contributed by atoms with Crippen molar-refractivity contribution in [2.45, 2.75) is 0 Å². The first kappa shape index (κ1) is 16.6. The predicted octanol–water partition coefficient (Wildman–Crippen LogP) is 1.26. The van der Waals surface area contributed by atoms with E-state index in [9.17, 15) is 9.59 Å². The molecule has 1 saturated heterocycles. The van der Waals surface area contributed by atoms with Gasteiger partial charge in [-0.2, -0.15) is 0 Å². The van der Waals surface area contributed by atoms with E-state index in [1.54, 1.807) is 34.1 Å². The summed E-state index contributed by atoms with van der Waals surface area (Å²) < 4.78 is 0. The molecule has 1 aliphatic heterocycles. The van der Waals surface area contributed by atoms with Gasteiger partial charge in [-0.3, -0.25) is 9.69 Å². The van der Waals surface area contributed by atoms with Crippen LogP contribution in [0.15, 0.2) is 24.3 Å². The number of carbonyl (C=O) groups excluding carboxylic acids is 2. The first-order valence-corrected chi connectivity index (χ1v) is 7.58. The zero-order valence-corrected chi connectivity index (χ0v) is 13.6. The lowest BCUT2D eigenvalue weighted by atomic mass is 10.3. The van der Waals surface area contributed by atoms with Crippen LogP contribution in [0, 0.1) is 0 Å². The van der Waals surface area contributed by atoms with Gasteiger partial charge in [-0.25, -0.2) is 4.79 Å². The Balaban J connectivity index is 1.86. The largest absolute Gasteiger partial charge is 0.353 e. The van der Waals surface area contributed by atoms with Crippen molar-refractivity contribution in [3.63, 3.8) is 0 Å². The molecule has 0 spiro atoms. The van der Waals surface area contributed by atoms with E-state index in [4.69, 9.17) is 11.6 Å². The summed E-state index contributed by atoms with van der Waals surface area (Å²) in [7, 11) is 3.89. The van der Waals surface area contributed by atoms with E-state index >= 15 is 0 Å². The fourth-order valence-electron chi connectivity index (χ4n) is 2.24. The van der Waals surface area contributed by atoms with Crippen molar-refractivity contribution < 1.29 is 9.59 Å². The Kier molecular flexibility index (Phi) is 5.63. The summed E-state index contributed by atoms with van der Waals surface area (Å²) in [6.45, 7) is 2.57. The second-order valence-electron chi connectivity index (χ2n) is 5.49. The Labute approximate surface area is 135 Å². The number of halogens is 1. The maximum atomic E-state index is 12.3. The maximum absolute atomic E-state index is 12.3. The smallest absolute Gasteiger partial charge is 0.325 e. The van der Waals surface area contributed by atoms with Gasteiger partial charge in [0.05, 0.1) is 0 Å². The summed E-state index contributed by atoms with van der Waals surface area (Å²) in [5, 5.41) is 3.45. The molecule has 0 saturated carbocycles. The Bertz CT molecular complexity index is 533. The van der Waals surface area contributed by atoms with E-state index in [1.807, 2.05) is 19.0 Å². The topological polar surface area (TPSA) is 55.9 Å². The normalized spacial score (nSPS) is 14.8. The number of rotatable bonds is 6. The van der Waals surface area contributed by atoms with Crippen molar-refractivity contribution >= 4 is 29.2 Å². The Morgan fingerprint density at radius 2 is 1.95 bits per heavy atom. The third-order valence-electron chi connectivity index (χ3n) is 3.45. The second kappa shape index (κ2) is 7.47. The van der Waals surface area contributed by atoms with Crippen LogP contribution in [0.3, 0.4) is 0 Å². The zero-order valence-electron chi connectivity index (χ0n) is 12.9. The molecule has 1 aromatic carbocycles. The van der Waals surface area contributed by atoms with Gasteiger partial charge in [-0.05, 0) is 38.4 Å². The van der Waals surface area contributed by atoms with Crippen LogP contribution in [0.4, 0.5) is 10.5 Å². The monoisotopic (exact) mass is 324 g/mol. The molecule has 0 aromatic heterocycles. The Morgan fingerprint density at radius 1 is 1.27 bits per heavy atom. The van der Waals surface area contributed by atoms with E-state index in [0.29, 0.717) is 24.7 Å². The lowest BCUT2D eigenvalue weighted by Gasteiger charge is -2.18. The molecule has 1 heterocycles. The molecular weight excluding hydrogens is 304 g/mol. The molecule has 120 valence electrons. The highest BCUT2D eigenvalue weighted by molar-refractivity contribution is 6.30.